The van der Waals surface area contributed by atoms with Gasteiger partial charge in [0.25, 0.3) is 5.91 Å². The molecule has 2 amide bonds. The van der Waals surface area contributed by atoms with Gasteiger partial charge < -0.3 is 15.6 Å². The Bertz CT molecular complexity index is 1370. The zero-order valence-electron chi connectivity index (χ0n) is 19.1. The Morgan fingerprint density at radius 3 is 2.71 bits per heavy atom. The summed E-state index contributed by atoms with van der Waals surface area (Å²) in [5, 5.41) is 10.7. The average molecular weight is 465 g/mol. The van der Waals surface area contributed by atoms with Gasteiger partial charge in [-0.15, -0.1) is 0 Å². The second kappa shape index (κ2) is 9.06. The molecule has 34 heavy (non-hydrogen) atoms. The molecular weight excluding hydrogens is 432 g/mol. The summed E-state index contributed by atoms with van der Waals surface area (Å²) in [5.74, 6) is -0.403. The molecule has 4 aromatic heterocycles. The molecule has 5 rings (SSSR count). The summed E-state index contributed by atoms with van der Waals surface area (Å²) >= 11 is 0. The van der Waals surface area contributed by atoms with Gasteiger partial charge in [-0.3, -0.25) is 24.2 Å². The van der Waals surface area contributed by atoms with Crippen LogP contribution in [-0.2, 0) is 11.8 Å². The molecule has 1 saturated heterocycles. The minimum Gasteiger partial charge on any atom is -0.339 e. The first-order valence-electron chi connectivity index (χ1n) is 11.2. The average Bonchev–Trinajstić information content (AvgIpc) is 3.53. The highest BCUT2D eigenvalue weighted by Gasteiger charge is 2.22. The topological polar surface area (TPSA) is 121 Å². The number of nitrogens with one attached hydrogen (secondary N) is 3. The first-order chi connectivity index (χ1) is 16.4. The SMILES string of the molecule is C[C@H]1CCCN1CC(=O)Nc1cncc(NC(=O)c2cnc3[nH]c(-c4cnn(C)c4)cc3c2)c1.[HH].[HH].[HH]. The zero-order valence-corrected chi connectivity index (χ0v) is 19.1. The fourth-order valence-corrected chi connectivity index (χ4v) is 4.25. The van der Waals surface area contributed by atoms with E-state index in [9.17, 15) is 9.59 Å². The highest BCUT2D eigenvalue weighted by Crippen LogP contribution is 2.24. The highest BCUT2D eigenvalue weighted by atomic mass is 16.2. The van der Waals surface area contributed by atoms with E-state index >= 15 is 0 Å². The highest BCUT2D eigenvalue weighted by molar-refractivity contribution is 6.06. The quantitative estimate of drug-likeness (QED) is 0.399. The maximum atomic E-state index is 12.8. The largest absolute Gasteiger partial charge is 0.339 e. The molecule has 0 aromatic carbocycles. The maximum absolute atomic E-state index is 12.8. The lowest BCUT2D eigenvalue weighted by Gasteiger charge is -2.20. The van der Waals surface area contributed by atoms with E-state index in [-0.39, 0.29) is 16.1 Å². The van der Waals surface area contributed by atoms with Gasteiger partial charge in [0.05, 0.1) is 47.8 Å². The zero-order chi connectivity index (χ0) is 23.7. The Labute approximate surface area is 200 Å². The molecule has 0 unspecified atom stereocenters. The molecule has 0 saturated carbocycles. The summed E-state index contributed by atoms with van der Waals surface area (Å²) in [6.07, 6.45) is 10.5. The number of likely N-dealkylation sites (tertiary alicyclic amines) is 1. The number of hydrogen-bond donors (Lipinski definition) is 3. The van der Waals surface area contributed by atoms with Crippen molar-refractivity contribution < 1.29 is 13.9 Å². The fraction of sp³-hybridized carbons (Fsp3) is 0.292. The van der Waals surface area contributed by atoms with Crippen LogP contribution in [0.2, 0.25) is 0 Å². The molecule has 1 aliphatic heterocycles. The first kappa shape index (κ1) is 21.8. The molecule has 180 valence electrons. The van der Waals surface area contributed by atoms with Crippen LogP contribution in [0.1, 0.15) is 34.4 Å². The lowest BCUT2D eigenvalue weighted by molar-refractivity contribution is -0.117. The van der Waals surface area contributed by atoms with E-state index in [1.807, 2.05) is 19.3 Å². The summed E-state index contributed by atoms with van der Waals surface area (Å²) in [5.41, 5.74) is 3.95. The molecule has 1 atom stereocenters. The lowest BCUT2D eigenvalue weighted by Crippen LogP contribution is -2.35. The summed E-state index contributed by atoms with van der Waals surface area (Å²) in [6.45, 7) is 3.42. The molecule has 0 radical (unpaired) electrons. The minimum absolute atomic E-state index is 0. The number of carbonyl (C=O) groups excluding carboxylic acids is 2. The van der Waals surface area contributed by atoms with Crippen molar-refractivity contribution >= 4 is 34.2 Å². The van der Waals surface area contributed by atoms with Gasteiger partial charge in [-0.05, 0) is 44.5 Å². The van der Waals surface area contributed by atoms with Gasteiger partial charge in [0.1, 0.15) is 5.65 Å². The third kappa shape index (κ3) is 4.67. The number of aromatic nitrogens is 5. The number of aromatic amines is 1. The van der Waals surface area contributed by atoms with E-state index in [1.165, 1.54) is 6.20 Å². The van der Waals surface area contributed by atoms with Gasteiger partial charge in [0.15, 0.2) is 0 Å². The van der Waals surface area contributed by atoms with Crippen LogP contribution in [0.15, 0.2) is 49.2 Å². The van der Waals surface area contributed by atoms with Crippen LogP contribution in [0.5, 0.6) is 0 Å². The number of hydrogen-bond acceptors (Lipinski definition) is 6. The number of H-pyrrole nitrogens is 1. The second-order valence-electron chi connectivity index (χ2n) is 8.67. The maximum Gasteiger partial charge on any atom is 0.257 e. The number of anilines is 2. The van der Waals surface area contributed by atoms with E-state index in [0.717, 1.165) is 36.0 Å². The number of aryl methyl sites for hydroxylation is 1. The van der Waals surface area contributed by atoms with Crippen LogP contribution in [0.3, 0.4) is 0 Å². The van der Waals surface area contributed by atoms with Crippen molar-refractivity contribution in [3.8, 4) is 11.3 Å². The molecule has 3 N–H and O–H groups in total. The normalized spacial score (nSPS) is 16.1. The molecule has 1 fully saturated rings. The fourth-order valence-electron chi connectivity index (χ4n) is 4.25. The number of nitrogens with zero attached hydrogens (tertiary/aromatic N) is 5. The van der Waals surface area contributed by atoms with E-state index in [2.05, 4.69) is 42.5 Å². The molecule has 0 bridgehead atoms. The lowest BCUT2D eigenvalue weighted by atomic mass is 10.2. The van der Waals surface area contributed by atoms with Crippen molar-refractivity contribution in [1.82, 2.24) is 29.6 Å². The number of fused-ring (bicyclic) bond motifs is 1. The smallest absolute Gasteiger partial charge is 0.257 e. The Kier molecular flexibility index (Phi) is 5.81. The molecule has 0 aliphatic carbocycles. The van der Waals surface area contributed by atoms with Crippen molar-refractivity contribution in [3.63, 3.8) is 0 Å². The van der Waals surface area contributed by atoms with Gasteiger partial charge in [0, 0.05) is 40.7 Å². The van der Waals surface area contributed by atoms with Crippen LogP contribution in [0.4, 0.5) is 11.4 Å². The predicted molar refractivity (Wildman–Crippen MR) is 136 cm³/mol. The summed E-state index contributed by atoms with van der Waals surface area (Å²) in [4.78, 5) is 39.2. The van der Waals surface area contributed by atoms with Crippen LogP contribution in [0.25, 0.3) is 22.3 Å². The predicted octanol–water partition coefficient (Wildman–Crippen LogP) is 3.77. The summed E-state index contributed by atoms with van der Waals surface area (Å²) in [7, 11) is 1.86. The van der Waals surface area contributed by atoms with Gasteiger partial charge in [-0.2, -0.15) is 5.10 Å². The molecule has 10 heteroatoms. The molecular formula is C24H32N8O2. The Hall–Kier alpha value is -4.05. The third-order valence-corrected chi connectivity index (χ3v) is 6.07. The Morgan fingerprint density at radius 1 is 1.15 bits per heavy atom. The molecule has 10 nitrogen and oxygen atoms in total. The Balaban J connectivity index is 0.00000160. The molecule has 5 heterocycles. The number of carbonyl (C=O) groups is 2. The number of rotatable bonds is 6. The van der Waals surface area contributed by atoms with Crippen molar-refractivity contribution in [2.75, 3.05) is 23.7 Å². The standard InChI is InChI=1S/C24H26N8O2.3H2/c1-15-4-3-5-32(15)14-22(33)28-19-8-20(12-25-11-19)29-24(34)17-6-16-7-21(30-23(16)26-9-17)18-10-27-31(2)13-18;;;/h6-13,15H,3-5,14H2,1-2H3,(H,26,30)(H,28,33)(H,29,34);3*1H/t15-;;;/m0.../s1. The van der Waals surface area contributed by atoms with Gasteiger partial charge in [0.2, 0.25) is 5.91 Å². The van der Waals surface area contributed by atoms with Crippen LogP contribution in [0, 0.1) is 0 Å². The molecule has 1 aliphatic rings. The Morgan fingerprint density at radius 2 is 1.97 bits per heavy atom. The summed E-state index contributed by atoms with van der Waals surface area (Å²) < 4.78 is 1.73. The number of amides is 2. The van der Waals surface area contributed by atoms with Crippen molar-refractivity contribution in [3.05, 3.63) is 54.7 Å². The monoisotopic (exact) mass is 464 g/mol. The van der Waals surface area contributed by atoms with Crippen molar-refractivity contribution in [2.45, 2.75) is 25.8 Å². The van der Waals surface area contributed by atoms with Gasteiger partial charge in [-0.1, -0.05) is 0 Å². The second-order valence-corrected chi connectivity index (χ2v) is 8.67. The minimum atomic E-state index is -0.310. The first-order valence-corrected chi connectivity index (χ1v) is 11.2. The van der Waals surface area contributed by atoms with Crippen molar-refractivity contribution in [2.24, 2.45) is 7.05 Å². The number of pyridine rings is 2. The van der Waals surface area contributed by atoms with Gasteiger partial charge >= 0.3 is 0 Å². The van der Waals surface area contributed by atoms with Crippen LogP contribution >= 0.6 is 0 Å². The molecule has 4 aromatic rings. The van der Waals surface area contributed by atoms with E-state index < -0.39 is 0 Å². The van der Waals surface area contributed by atoms with E-state index in [1.54, 1.807) is 35.4 Å². The van der Waals surface area contributed by atoms with Crippen LogP contribution < -0.4 is 10.6 Å². The summed E-state index contributed by atoms with van der Waals surface area (Å²) in [6, 6.07) is 5.83. The van der Waals surface area contributed by atoms with Crippen LogP contribution in [-0.4, -0.2) is 60.6 Å². The third-order valence-electron chi connectivity index (χ3n) is 6.07. The van der Waals surface area contributed by atoms with E-state index in [4.69, 9.17) is 0 Å². The van der Waals surface area contributed by atoms with Gasteiger partial charge in [-0.25, -0.2) is 4.98 Å². The van der Waals surface area contributed by atoms with Crippen molar-refractivity contribution in [1.29, 1.82) is 0 Å². The van der Waals surface area contributed by atoms with E-state index in [0.29, 0.717) is 35.2 Å². The molecule has 0 spiro atoms.